The molecule has 0 atom stereocenters. The summed E-state index contributed by atoms with van der Waals surface area (Å²) in [5, 5.41) is 3.93. The Balaban J connectivity index is 1.48. The highest BCUT2D eigenvalue weighted by Gasteiger charge is 2.13. The third kappa shape index (κ3) is 5.80. The number of amides is 1. The number of nitrogens with zero attached hydrogens (tertiary/aromatic N) is 2. The van der Waals surface area contributed by atoms with E-state index in [1.54, 1.807) is 34.9 Å². The molecule has 4 aromatic rings. The molecule has 0 fully saturated rings. The van der Waals surface area contributed by atoms with Crippen LogP contribution >= 0.6 is 11.8 Å². The van der Waals surface area contributed by atoms with Crippen LogP contribution in [0, 0.1) is 0 Å². The lowest BCUT2D eigenvalue weighted by atomic mass is 10.1. The van der Waals surface area contributed by atoms with Crippen LogP contribution < -0.4 is 10.9 Å². The fourth-order valence-corrected chi connectivity index (χ4v) is 4.48. The molecule has 7 heteroatoms. The molecular formula is C27H25N3O3S. The van der Waals surface area contributed by atoms with Crippen molar-refractivity contribution in [3.63, 3.8) is 0 Å². The summed E-state index contributed by atoms with van der Waals surface area (Å²) < 4.78 is 1.67. The van der Waals surface area contributed by atoms with Gasteiger partial charge in [-0.15, -0.1) is 0 Å². The van der Waals surface area contributed by atoms with E-state index >= 15 is 0 Å². The van der Waals surface area contributed by atoms with Crippen LogP contribution in [0.25, 0.3) is 10.9 Å². The van der Waals surface area contributed by atoms with Gasteiger partial charge in [-0.3, -0.25) is 19.0 Å². The number of Topliss-reactive ketones (excluding diaryl/α,β-unsaturated/α-hetero) is 1. The van der Waals surface area contributed by atoms with Crippen molar-refractivity contribution in [3.05, 3.63) is 100 Å². The molecule has 1 amide bonds. The highest BCUT2D eigenvalue weighted by atomic mass is 32.2. The summed E-state index contributed by atoms with van der Waals surface area (Å²) in [6.07, 6.45) is 1.63. The van der Waals surface area contributed by atoms with Gasteiger partial charge in [0.2, 0.25) is 5.91 Å². The fourth-order valence-electron chi connectivity index (χ4n) is 3.66. The van der Waals surface area contributed by atoms with Gasteiger partial charge in [0.25, 0.3) is 5.56 Å². The predicted octanol–water partition coefficient (Wildman–Crippen LogP) is 4.96. The van der Waals surface area contributed by atoms with E-state index in [0.29, 0.717) is 33.9 Å². The van der Waals surface area contributed by atoms with E-state index in [2.05, 4.69) is 22.4 Å². The molecule has 0 aliphatic rings. The molecular weight excluding hydrogens is 446 g/mol. The van der Waals surface area contributed by atoms with Gasteiger partial charge in [-0.2, -0.15) is 0 Å². The van der Waals surface area contributed by atoms with Gasteiger partial charge in [0.1, 0.15) is 0 Å². The first kappa shape index (κ1) is 23.4. The quantitative estimate of drug-likeness (QED) is 0.212. The summed E-state index contributed by atoms with van der Waals surface area (Å²) in [6, 6.07) is 24.2. The molecule has 1 N–H and O–H groups in total. The van der Waals surface area contributed by atoms with E-state index < -0.39 is 0 Å². The molecule has 34 heavy (non-hydrogen) atoms. The van der Waals surface area contributed by atoms with Gasteiger partial charge < -0.3 is 5.32 Å². The SMILES string of the molecule is CC(=O)c1ccc(NC(=O)CSc2nc3ccccc3c(=O)n2CCCc2ccccc2)cc1. The number of benzene rings is 3. The van der Waals surface area contributed by atoms with Gasteiger partial charge in [-0.1, -0.05) is 54.2 Å². The number of carbonyl (C=O) groups excluding carboxylic acids is 2. The number of aromatic nitrogens is 2. The Morgan fingerprint density at radius 2 is 1.65 bits per heavy atom. The predicted molar refractivity (Wildman–Crippen MR) is 137 cm³/mol. The van der Waals surface area contributed by atoms with E-state index in [1.165, 1.54) is 24.2 Å². The van der Waals surface area contributed by atoms with Gasteiger partial charge in [-0.05, 0) is 61.7 Å². The summed E-state index contributed by atoms with van der Waals surface area (Å²) in [4.78, 5) is 41.8. The molecule has 3 aromatic carbocycles. The van der Waals surface area contributed by atoms with Crippen LogP contribution in [0.4, 0.5) is 5.69 Å². The average Bonchev–Trinajstić information content (AvgIpc) is 2.85. The molecule has 6 nitrogen and oxygen atoms in total. The first-order valence-electron chi connectivity index (χ1n) is 11.1. The molecule has 172 valence electrons. The number of carbonyl (C=O) groups is 2. The third-order valence-corrected chi connectivity index (χ3v) is 6.40. The second-order valence-electron chi connectivity index (χ2n) is 7.93. The molecule has 0 unspecified atom stereocenters. The van der Waals surface area contributed by atoms with E-state index in [4.69, 9.17) is 0 Å². The highest BCUT2D eigenvalue weighted by Crippen LogP contribution is 2.19. The van der Waals surface area contributed by atoms with Crippen LogP contribution in [0.3, 0.4) is 0 Å². The van der Waals surface area contributed by atoms with Gasteiger partial charge in [0.15, 0.2) is 10.9 Å². The Hall–Kier alpha value is -3.71. The Labute approximate surface area is 202 Å². The maximum atomic E-state index is 13.2. The summed E-state index contributed by atoms with van der Waals surface area (Å²) in [6.45, 7) is 2.02. The number of para-hydroxylation sites is 1. The van der Waals surface area contributed by atoms with E-state index in [1.807, 2.05) is 36.4 Å². The van der Waals surface area contributed by atoms with Gasteiger partial charge >= 0.3 is 0 Å². The first-order chi connectivity index (χ1) is 16.5. The fraction of sp³-hybridized carbons (Fsp3) is 0.185. The zero-order valence-electron chi connectivity index (χ0n) is 18.9. The Morgan fingerprint density at radius 3 is 2.38 bits per heavy atom. The van der Waals surface area contributed by atoms with Crippen LogP contribution in [0.1, 0.15) is 29.3 Å². The normalized spacial score (nSPS) is 10.9. The molecule has 1 heterocycles. The molecule has 0 spiro atoms. The van der Waals surface area contributed by atoms with Crippen LogP contribution in [-0.4, -0.2) is 27.0 Å². The minimum absolute atomic E-state index is 0.0268. The number of thioether (sulfide) groups is 1. The number of fused-ring (bicyclic) bond motifs is 1. The molecule has 0 aliphatic carbocycles. The van der Waals surface area contributed by atoms with Gasteiger partial charge in [-0.25, -0.2) is 4.98 Å². The average molecular weight is 472 g/mol. The lowest BCUT2D eigenvalue weighted by molar-refractivity contribution is -0.113. The van der Waals surface area contributed by atoms with Crippen molar-refractivity contribution in [1.29, 1.82) is 0 Å². The zero-order chi connectivity index (χ0) is 23.9. The smallest absolute Gasteiger partial charge is 0.262 e. The van der Waals surface area contributed by atoms with Crippen molar-refractivity contribution >= 4 is 40.0 Å². The molecule has 1 aromatic heterocycles. The second-order valence-corrected chi connectivity index (χ2v) is 8.87. The van der Waals surface area contributed by atoms with Crippen molar-refractivity contribution in [2.75, 3.05) is 11.1 Å². The molecule has 0 bridgehead atoms. The van der Waals surface area contributed by atoms with Crippen molar-refractivity contribution in [2.45, 2.75) is 31.5 Å². The van der Waals surface area contributed by atoms with E-state index in [0.717, 1.165) is 12.8 Å². The minimum Gasteiger partial charge on any atom is -0.325 e. The summed E-state index contributed by atoms with van der Waals surface area (Å²) in [5.41, 5.74) is 2.94. The first-order valence-corrected chi connectivity index (χ1v) is 12.1. The minimum atomic E-state index is -0.209. The lowest BCUT2D eigenvalue weighted by Crippen LogP contribution is -2.24. The van der Waals surface area contributed by atoms with Crippen molar-refractivity contribution in [3.8, 4) is 0 Å². The van der Waals surface area contributed by atoms with Crippen LogP contribution in [0.15, 0.2) is 88.8 Å². The lowest BCUT2D eigenvalue weighted by Gasteiger charge is -2.13. The third-order valence-electron chi connectivity index (χ3n) is 5.42. The maximum absolute atomic E-state index is 13.2. The second kappa shape index (κ2) is 10.9. The van der Waals surface area contributed by atoms with Crippen molar-refractivity contribution in [2.24, 2.45) is 0 Å². The topological polar surface area (TPSA) is 81.1 Å². The van der Waals surface area contributed by atoms with Gasteiger partial charge in [0.05, 0.1) is 16.7 Å². The van der Waals surface area contributed by atoms with Crippen molar-refractivity contribution in [1.82, 2.24) is 9.55 Å². The molecule has 0 aliphatic heterocycles. The molecule has 0 saturated heterocycles. The number of hydrogen-bond donors (Lipinski definition) is 1. The Morgan fingerprint density at radius 1 is 0.941 bits per heavy atom. The number of ketones is 1. The summed E-state index contributed by atoms with van der Waals surface area (Å²) in [7, 11) is 0. The number of aryl methyl sites for hydroxylation is 1. The monoisotopic (exact) mass is 471 g/mol. The van der Waals surface area contributed by atoms with Gasteiger partial charge in [0, 0.05) is 17.8 Å². The van der Waals surface area contributed by atoms with Crippen LogP contribution in [0.5, 0.6) is 0 Å². The molecule has 4 rings (SSSR count). The van der Waals surface area contributed by atoms with Crippen molar-refractivity contribution < 1.29 is 9.59 Å². The largest absolute Gasteiger partial charge is 0.325 e. The van der Waals surface area contributed by atoms with Crippen LogP contribution in [-0.2, 0) is 17.8 Å². The number of rotatable bonds is 9. The molecule has 0 saturated carbocycles. The number of nitrogens with one attached hydrogen (secondary N) is 1. The number of anilines is 1. The van der Waals surface area contributed by atoms with E-state index in [-0.39, 0.29) is 23.0 Å². The standard InChI is InChI=1S/C27H25N3O3S/c1-19(31)21-13-15-22(16-14-21)28-25(32)18-34-27-29-24-12-6-5-11-23(24)26(33)30(27)17-7-10-20-8-3-2-4-9-20/h2-6,8-9,11-16H,7,10,17-18H2,1H3,(H,28,32). The zero-order valence-corrected chi connectivity index (χ0v) is 19.7. The summed E-state index contributed by atoms with van der Waals surface area (Å²) in [5.74, 6) is -0.127. The number of hydrogen-bond acceptors (Lipinski definition) is 5. The Bertz CT molecular complexity index is 1370. The van der Waals surface area contributed by atoms with E-state index in [9.17, 15) is 14.4 Å². The Kier molecular flexibility index (Phi) is 7.54. The maximum Gasteiger partial charge on any atom is 0.262 e. The van der Waals surface area contributed by atoms with Crippen LogP contribution in [0.2, 0.25) is 0 Å². The highest BCUT2D eigenvalue weighted by molar-refractivity contribution is 7.99. The summed E-state index contributed by atoms with van der Waals surface area (Å²) >= 11 is 1.24. The molecule has 0 radical (unpaired) electrons.